The summed E-state index contributed by atoms with van der Waals surface area (Å²) in [4.78, 5) is 20.1. The predicted molar refractivity (Wildman–Crippen MR) is 93.1 cm³/mol. The number of hydrogen-bond donors (Lipinski definition) is 2. The van der Waals surface area contributed by atoms with Crippen LogP contribution in [0, 0.1) is 0 Å². The lowest BCUT2D eigenvalue weighted by Gasteiger charge is -2.33. The van der Waals surface area contributed by atoms with Gasteiger partial charge >= 0.3 is 12.3 Å². The number of anilines is 2. The Hall–Kier alpha value is -2.55. The van der Waals surface area contributed by atoms with E-state index >= 15 is 0 Å². The molecule has 1 aliphatic rings. The van der Waals surface area contributed by atoms with Crippen LogP contribution in [0.4, 0.5) is 29.6 Å². The van der Waals surface area contributed by atoms with Gasteiger partial charge in [-0.1, -0.05) is 23.7 Å². The molecule has 1 aromatic carbocycles. The molecule has 6 nitrogen and oxygen atoms in total. The molecule has 1 amide bonds. The minimum Gasteiger partial charge on any atom is -0.465 e. The zero-order valence-electron chi connectivity index (χ0n) is 14.0. The number of piperidine rings is 1. The van der Waals surface area contributed by atoms with Gasteiger partial charge < -0.3 is 15.3 Å². The summed E-state index contributed by atoms with van der Waals surface area (Å²) < 4.78 is 38.1. The topological polar surface area (TPSA) is 78.4 Å². The minimum absolute atomic E-state index is 0.0643. The summed E-state index contributed by atoms with van der Waals surface area (Å²) in [6.45, 7) is 0.498. The molecule has 2 heterocycles. The van der Waals surface area contributed by atoms with Gasteiger partial charge in [0.2, 0.25) is 5.95 Å². The second-order valence-corrected chi connectivity index (χ2v) is 6.49. The first-order valence-corrected chi connectivity index (χ1v) is 8.60. The standard InChI is InChI=1S/C17H16ClF3N4O2/c18-14-12(17(19,20)21)9-22-15(24-14)23-11-6-4-10(5-7-11)13-3-1-2-8-25(13)16(26)27/h4-7,9,13H,1-3,8H2,(H,26,27)(H,22,23,24). The number of halogens is 4. The van der Waals surface area contributed by atoms with Crippen LogP contribution in [0.3, 0.4) is 0 Å². The highest BCUT2D eigenvalue weighted by Gasteiger charge is 2.34. The van der Waals surface area contributed by atoms with Gasteiger partial charge in [-0.2, -0.15) is 13.2 Å². The molecule has 0 radical (unpaired) electrons. The number of likely N-dealkylation sites (tertiary alicyclic amines) is 1. The Morgan fingerprint density at radius 3 is 2.56 bits per heavy atom. The van der Waals surface area contributed by atoms with Crippen LogP contribution in [0.25, 0.3) is 0 Å². The third kappa shape index (κ3) is 4.41. The van der Waals surface area contributed by atoms with Crippen LogP contribution in [0.5, 0.6) is 0 Å². The molecule has 1 aromatic heterocycles. The highest BCUT2D eigenvalue weighted by atomic mass is 35.5. The minimum atomic E-state index is -4.62. The van der Waals surface area contributed by atoms with Crippen LogP contribution in [-0.4, -0.2) is 32.6 Å². The van der Waals surface area contributed by atoms with E-state index in [1.165, 1.54) is 4.90 Å². The summed E-state index contributed by atoms with van der Waals surface area (Å²) in [7, 11) is 0. The van der Waals surface area contributed by atoms with Crippen molar-refractivity contribution in [2.45, 2.75) is 31.5 Å². The second-order valence-electron chi connectivity index (χ2n) is 6.13. The first-order valence-electron chi connectivity index (χ1n) is 8.22. The van der Waals surface area contributed by atoms with E-state index in [1.54, 1.807) is 24.3 Å². The number of carbonyl (C=O) groups is 1. The van der Waals surface area contributed by atoms with E-state index in [0.717, 1.165) is 24.8 Å². The van der Waals surface area contributed by atoms with Crippen LogP contribution in [0.15, 0.2) is 30.5 Å². The van der Waals surface area contributed by atoms with E-state index in [4.69, 9.17) is 11.6 Å². The lowest BCUT2D eigenvalue weighted by Crippen LogP contribution is -2.37. The third-order valence-corrected chi connectivity index (χ3v) is 4.64. The molecule has 0 aliphatic carbocycles. The molecule has 144 valence electrons. The van der Waals surface area contributed by atoms with Gasteiger partial charge in [0.25, 0.3) is 0 Å². The van der Waals surface area contributed by atoms with Crippen molar-refractivity contribution < 1.29 is 23.1 Å². The highest BCUT2D eigenvalue weighted by Crippen LogP contribution is 2.34. The summed E-state index contributed by atoms with van der Waals surface area (Å²) in [5.41, 5.74) is 0.303. The molecule has 1 fully saturated rings. The number of rotatable bonds is 3. The zero-order valence-corrected chi connectivity index (χ0v) is 14.8. The van der Waals surface area contributed by atoms with E-state index in [0.29, 0.717) is 18.4 Å². The Bertz CT molecular complexity index is 830. The molecule has 3 rings (SSSR count). The number of nitrogens with zero attached hydrogens (tertiary/aromatic N) is 3. The fraction of sp³-hybridized carbons (Fsp3) is 0.353. The lowest BCUT2D eigenvalue weighted by molar-refractivity contribution is -0.137. The van der Waals surface area contributed by atoms with E-state index in [-0.39, 0.29) is 12.0 Å². The van der Waals surface area contributed by atoms with Crippen molar-refractivity contribution in [1.82, 2.24) is 14.9 Å². The first-order chi connectivity index (χ1) is 12.8. The Morgan fingerprint density at radius 2 is 1.96 bits per heavy atom. The highest BCUT2D eigenvalue weighted by molar-refractivity contribution is 6.30. The summed E-state index contributed by atoms with van der Waals surface area (Å²) >= 11 is 5.58. The average Bonchev–Trinajstić information content (AvgIpc) is 2.61. The Kier molecular flexibility index (Phi) is 5.41. The van der Waals surface area contributed by atoms with Gasteiger partial charge in [-0.25, -0.2) is 14.8 Å². The van der Waals surface area contributed by atoms with E-state index < -0.39 is 23.0 Å². The van der Waals surface area contributed by atoms with Gasteiger partial charge in [-0.05, 0) is 37.0 Å². The van der Waals surface area contributed by atoms with Crippen LogP contribution in [0.1, 0.15) is 36.4 Å². The van der Waals surface area contributed by atoms with Crippen molar-refractivity contribution >= 4 is 29.3 Å². The Labute approximate surface area is 158 Å². The molecule has 1 unspecified atom stereocenters. The molecule has 0 saturated carbocycles. The molecule has 27 heavy (non-hydrogen) atoms. The van der Waals surface area contributed by atoms with Gasteiger partial charge in [0.15, 0.2) is 0 Å². The molecule has 1 aliphatic heterocycles. The first kappa shape index (κ1) is 19.2. The van der Waals surface area contributed by atoms with E-state index in [9.17, 15) is 23.1 Å². The lowest BCUT2D eigenvalue weighted by atomic mass is 9.95. The number of benzene rings is 1. The SMILES string of the molecule is O=C(O)N1CCCCC1c1ccc(Nc2ncc(C(F)(F)F)c(Cl)n2)cc1. The molecule has 10 heteroatoms. The van der Waals surface area contributed by atoms with Crippen molar-refractivity contribution in [1.29, 1.82) is 0 Å². The summed E-state index contributed by atoms with van der Waals surface area (Å²) in [6.07, 6.45) is -2.40. The number of hydrogen-bond acceptors (Lipinski definition) is 4. The number of carboxylic acid groups (broad SMARTS) is 1. The van der Waals surface area contributed by atoms with Crippen molar-refractivity contribution in [3.05, 3.63) is 46.7 Å². The number of alkyl halides is 3. The second kappa shape index (κ2) is 7.59. The van der Waals surface area contributed by atoms with E-state index in [1.807, 2.05) is 0 Å². The molecule has 0 spiro atoms. The van der Waals surface area contributed by atoms with E-state index in [2.05, 4.69) is 15.3 Å². The van der Waals surface area contributed by atoms with Crippen LogP contribution < -0.4 is 5.32 Å². The van der Waals surface area contributed by atoms with Crippen LogP contribution in [0.2, 0.25) is 5.15 Å². The zero-order chi connectivity index (χ0) is 19.6. The monoisotopic (exact) mass is 400 g/mol. The van der Waals surface area contributed by atoms with Crippen molar-refractivity contribution in [2.24, 2.45) is 0 Å². The summed E-state index contributed by atoms with van der Waals surface area (Å²) in [5, 5.41) is 11.4. The molecule has 1 atom stereocenters. The molecule has 1 saturated heterocycles. The quantitative estimate of drug-likeness (QED) is 0.701. The summed E-state index contributed by atoms with van der Waals surface area (Å²) in [6, 6.07) is 6.74. The molecular weight excluding hydrogens is 385 g/mol. The van der Waals surface area contributed by atoms with Crippen LogP contribution in [-0.2, 0) is 6.18 Å². The maximum atomic E-state index is 12.7. The average molecular weight is 401 g/mol. The van der Waals surface area contributed by atoms with Gasteiger partial charge in [0.1, 0.15) is 10.7 Å². The number of aromatic nitrogens is 2. The molecule has 2 N–H and O–H groups in total. The molecule has 2 aromatic rings. The third-order valence-electron chi connectivity index (χ3n) is 4.35. The van der Waals surface area contributed by atoms with Crippen molar-refractivity contribution in [3.63, 3.8) is 0 Å². The molecule has 0 bridgehead atoms. The maximum Gasteiger partial charge on any atom is 0.420 e. The smallest absolute Gasteiger partial charge is 0.420 e. The Balaban J connectivity index is 1.74. The maximum absolute atomic E-state index is 12.7. The van der Waals surface area contributed by atoms with Gasteiger partial charge in [0.05, 0.1) is 6.04 Å². The largest absolute Gasteiger partial charge is 0.465 e. The van der Waals surface area contributed by atoms with Gasteiger partial charge in [0, 0.05) is 18.4 Å². The fourth-order valence-electron chi connectivity index (χ4n) is 3.04. The van der Waals surface area contributed by atoms with Crippen LogP contribution >= 0.6 is 11.6 Å². The summed E-state index contributed by atoms with van der Waals surface area (Å²) in [5.74, 6) is -0.0643. The molecular formula is C17H16ClF3N4O2. The normalized spacial score (nSPS) is 17.6. The van der Waals surface area contributed by atoms with Gasteiger partial charge in [-0.15, -0.1) is 0 Å². The number of nitrogens with one attached hydrogen (secondary N) is 1. The Morgan fingerprint density at radius 1 is 1.26 bits per heavy atom. The van der Waals surface area contributed by atoms with Gasteiger partial charge in [-0.3, -0.25) is 0 Å². The number of amides is 1. The van der Waals surface area contributed by atoms with Crippen molar-refractivity contribution in [3.8, 4) is 0 Å². The fourth-order valence-corrected chi connectivity index (χ4v) is 3.27. The van der Waals surface area contributed by atoms with Crippen molar-refractivity contribution in [2.75, 3.05) is 11.9 Å². The predicted octanol–water partition coefficient (Wildman–Crippen LogP) is 5.10.